The lowest BCUT2D eigenvalue weighted by molar-refractivity contribution is -0.147. The molecule has 0 rings (SSSR count). The Morgan fingerprint density at radius 1 is 0.846 bits per heavy atom. The maximum Gasteiger partial charge on any atom is 0.305 e. The van der Waals surface area contributed by atoms with Crippen LogP contribution in [0.15, 0.2) is 12.2 Å². The third-order valence-electron chi connectivity index (χ3n) is 4.69. The second kappa shape index (κ2) is 17.6. The number of aliphatic hydroxyl groups is 1. The van der Waals surface area contributed by atoms with Gasteiger partial charge < -0.3 is 9.84 Å². The molecule has 0 spiro atoms. The van der Waals surface area contributed by atoms with E-state index in [1.54, 1.807) is 0 Å². The number of unbranched alkanes of at least 4 members (excludes halogenated alkanes) is 11. The first kappa shape index (κ1) is 25.2. The van der Waals surface area contributed by atoms with E-state index in [4.69, 9.17) is 9.84 Å². The number of hydrogen-bond acceptors (Lipinski definition) is 3. The Balaban J connectivity index is 3.30. The fourth-order valence-corrected chi connectivity index (χ4v) is 2.73. The van der Waals surface area contributed by atoms with Crippen molar-refractivity contribution in [2.24, 2.45) is 5.41 Å². The molecule has 3 nitrogen and oxygen atoms in total. The molecule has 0 aromatic carbocycles. The SMILES string of the molecule is CCCCCCCCC=CCCCCCCCC(=O)OCC(C)(C)CO. The van der Waals surface area contributed by atoms with E-state index >= 15 is 0 Å². The van der Waals surface area contributed by atoms with Crippen LogP contribution in [0.2, 0.25) is 0 Å². The number of carbonyl (C=O) groups excluding carboxylic acids is 1. The normalized spacial score (nSPS) is 12.0. The number of allylic oxidation sites excluding steroid dienone is 2. The first-order valence-electron chi connectivity index (χ1n) is 10.9. The van der Waals surface area contributed by atoms with Crippen molar-refractivity contribution in [3.8, 4) is 0 Å². The van der Waals surface area contributed by atoms with Gasteiger partial charge >= 0.3 is 5.97 Å². The molecule has 0 bridgehead atoms. The monoisotopic (exact) mass is 368 g/mol. The largest absolute Gasteiger partial charge is 0.465 e. The van der Waals surface area contributed by atoms with Crippen molar-refractivity contribution in [3.63, 3.8) is 0 Å². The van der Waals surface area contributed by atoms with Gasteiger partial charge in [0.25, 0.3) is 0 Å². The molecule has 0 amide bonds. The van der Waals surface area contributed by atoms with Gasteiger partial charge in [-0.2, -0.15) is 0 Å². The minimum absolute atomic E-state index is 0.0354. The summed E-state index contributed by atoms with van der Waals surface area (Å²) in [7, 11) is 0. The second-order valence-electron chi connectivity index (χ2n) is 8.32. The van der Waals surface area contributed by atoms with Gasteiger partial charge in [0.05, 0.1) is 13.2 Å². The number of ether oxygens (including phenoxy) is 1. The molecule has 0 radical (unpaired) electrons. The molecule has 0 saturated carbocycles. The summed E-state index contributed by atoms with van der Waals surface area (Å²) in [5.41, 5.74) is -0.335. The van der Waals surface area contributed by atoms with Crippen molar-refractivity contribution >= 4 is 5.97 Å². The van der Waals surface area contributed by atoms with E-state index in [-0.39, 0.29) is 18.0 Å². The molecule has 0 unspecified atom stereocenters. The molecule has 3 heteroatoms. The molecule has 0 aliphatic rings. The molecule has 154 valence electrons. The van der Waals surface area contributed by atoms with Crippen LogP contribution >= 0.6 is 0 Å². The Morgan fingerprint density at radius 3 is 1.88 bits per heavy atom. The van der Waals surface area contributed by atoms with Gasteiger partial charge in [-0.05, 0) is 32.1 Å². The summed E-state index contributed by atoms with van der Waals surface area (Å²) in [4.78, 5) is 11.6. The average molecular weight is 369 g/mol. The van der Waals surface area contributed by atoms with Crippen molar-refractivity contribution in [2.45, 2.75) is 111 Å². The van der Waals surface area contributed by atoms with Gasteiger partial charge in [-0.25, -0.2) is 0 Å². The summed E-state index contributed by atoms with van der Waals surface area (Å²) in [6.45, 7) is 6.38. The summed E-state index contributed by atoms with van der Waals surface area (Å²) in [5, 5.41) is 9.13. The lowest BCUT2D eigenvalue weighted by atomic mass is 9.96. The van der Waals surface area contributed by atoms with E-state index in [1.165, 1.54) is 70.6 Å². The zero-order valence-electron chi connectivity index (χ0n) is 17.7. The summed E-state index contributed by atoms with van der Waals surface area (Å²) in [5.74, 6) is -0.135. The molecule has 0 aromatic heterocycles. The van der Waals surface area contributed by atoms with Crippen molar-refractivity contribution < 1.29 is 14.6 Å². The van der Waals surface area contributed by atoms with Crippen LogP contribution in [-0.4, -0.2) is 24.3 Å². The van der Waals surface area contributed by atoms with Gasteiger partial charge in [0, 0.05) is 11.8 Å². The van der Waals surface area contributed by atoms with Gasteiger partial charge in [0.15, 0.2) is 0 Å². The number of esters is 1. The second-order valence-corrected chi connectivity index (χ2v) is 8.32. The molecule has 26 heavy (non-hydrogen) atoms. The molecule has 0 aliphatic heterocycles. The number of hydrogen-bond donors (Lipinski definition) is 1. The van der Waals surface area contributed by atoms with Crippen molar-refractivity contribution in [1.82, 2.24) is 0 Å². The van der Waals surface area contributed by atoms with Crippen molar-refractivity contribution in [2.75, 3.05) is 13.2 Å². The Hall–Kier alpha value is -0.830. The predicted octanol–water partition coefficient (Wildman–Crippen LogP) is 6.59. The smallest absolute Gasteiger partial charge is 0.305 e. The van der Waals surface area contributed by atoms with Gasteiger partial charge in [-0.1, -0.05) is 84.3 Å². The van der Waals surface area contributed by atoms with Gasteiger partial charge in [-0.15, -0.1) is 0 Å². The highest BCUT2D eigenvalue weighted by Gasteiger charge is 2.18. The summed E-state index contributed by atoms with van der Waals surface area (Å²) in [6, 6.07) is 0. The molecular formula is C23H44O3. The maximum absolute atomic E-state index is 11.6. The maximum atomic E-state index is 11.6. The molecule has 0 saturated heterocycles. The van der Waals surface area contributed by atoms with E-state index in [2.05, 4.69) is 19.1 Å². The topological polar surface area (TPSA) is 46.5 Å². The zero-order valence-corrected chi connectivity index (χ0v) is 17.7. The molecule has 0 atom stereocenters. The van der Waals surface area contributed by atoms with E-state index in [0.29, 0.717) is 13.0 Å². The molecule has 1 N–H and O–H groups in total. The standard InChI is InChI=1S/C23H44O3/c1-4-5-6-7-8-9-10-11-12-13-14-15-16-17-18-19-22(25)26-21-23(2,3)20-24/h11-12,24H,4-10,13-21H2,1-3H3. The van der Waals surface area contributed by atoms with Crippen LogP contribution in [0.1, 0.15) is 111 Å². The summed E-state index contributed by atoms with van der Waals surface area (Å²) < 4.78 is 5.21. The Kier molecular flexibility index (Phi) is 17.0. The first-order valence-corrected chi connectivity index (χ1v) is 10.9. The van der Waals surface area contributed by atoms with Gasteiger partial charge in [0.2, 0.25) is 0 Å². The zero-order chi connectivity index (χ0) is 19.5. The summed E-state index contributed by atoms with van der Waals surface area (Å²) in [6.07, 6.45) is 21.5. The van der Waals surface area contributed by atoms with E-state index < -0.39 is 0 Å². The van der Waals surface area contributed by atoms with Gasteiger partial charge in [-0.3, -0.25) is 4.79 Å². The highest BCUT2D eigenvalue weighted by atomic mass is 16.5. The van der Waals surface area contributed by atoms with Crippen LogP contribution in [-0.2, 0) is 9.53 Å². The fourth-order valence-electron chi connectivity index (χ4n) is 2.73. The fraction of sp³-hybridized carbons (Fsp3) is 0.870. The van der Waals surface area contributed by atoms with Crippen molar-refractivity contribution in [3.05, 3.63) is 12.2 Å². The van der Waals surface area contributed by atoms with E-state index in [1.807, 2.05) is 13.8 Å². The van der Waals surface area contributed by atoms with Crippen molar-refractivity contribution in [1.29, 1.82) is 0 Å². The third kappa shape index (κ3) is 18.0. The van der Waals surface area contributed by atoms with Crippen LogP contribution in [0, 0.1) is 5.41 Å². The van der Waals surface area contributed by atoms with Crippen LogP contribution < -0.4 is 0 Å². The highest BCUT2D eigenvalue weighted by molar-refractivity contribution is 5.69. The molecule has 0 aromatic rings. The Morgan fingerprint density at radius 2 is 1.35 bits per heavy atom. The Bertz CT molecular complexity index is 347. The first-order chi connectivity index (χ1) is 12.5. The highest BCUT2D eigenvalue weighted by Crippen LogP contribution is 2.15. The van der Waals surface area contributed by atoms with E-state index in [9.17, 15) is 4.79 Å². The summed E-state index contributed by atoms with van der Waals surface area (Å²) >= 11 is 0. The number of carbonyl (C=O) groups is 1. The molecule has 0 fully saturated rings. The molecular weight excluding hydrogens is 324 g/mol. The predicted molar refractivity (Wildman–Crippen MR) is 111 cm³/mol. The molecule has 0 aliphatic carbocycles. The minimum atomic E-state index is -0.335. The average Bonchev–Trinajstić information content (AvgIpc) is 2.63. The van der Waals surface area contributed by atoms with Crippen LogP contribution in [0.25, 0.3) is 0 Å². The van der Waals surface area contributed by atoms with Crippen LogP contribution in [0.3, 0.4) is 0 Å². The quantitative estimate of drug-likeness (QED) is 0.169. The lowest BCUT2D eigenvalue weighted by Crippen LogP contribution is -2.25. The third-order valence-corrected chi connectivity index (χ3v) is 4.69. The molecule has 0 heterocycles. The minimum Gasteiger partial charge on any atom is -0.465 e. The number of rotatable bonds is 18. The Labute approximate surface area is 162 Å². The lowest BCUT2D eigenvalue weighted by Gasteiger charge is -2.20. The number of aliphatic hydroxyl groups excluding tert-OH is 1. The van der Waals surface area contributed by atoms with Crippen LogP contribution in [0.5, 0.6) is 0 Å². The van der Waals surface area contributed by atoms with E-state index in [0.717, 1.165) is 12.8 Å². The van der Waals surface area contributed by atoms with Gasteiger partial charge in [0.1, 0.15) is 0 Å². The van der Waals surface area contributed by atoms with Crippen LogP contribution in [0.4, 0.5) is 0 Å².